The lowest BCUT2D eigenvalue weighted by molar-refractivity contribution is 0.174. The minimum Gasteiger partial charge on any atom is -0.323 e. The average Bonchev–Trinajstić information content (AvgIpc) is 2.81. The topological polar surface area (TPSA) is 38.0 Å². The van der Waals surface area contributed by atoms with E-state index in [2.05, 4.69) is 53.8 Å². The molecule has 2 heteroatoms. The van der Waals surface area contributed by atoms with Crippen LogP contribution in [0.25, 0.3) is 11.1 Å². The molecule has 3 N–H and O–H groups in total. The predicted octanol–water partition coefficient (Wildman–Crippen LogP) is 3.28. The molecule has 0 amide bonds. The van der Waals surface area contributed by atoms with Crippen molar-refractivity contribution >= 4 is 0 Å². The van der Waals surface area contributed by atoms with Crippen LogP contribution in [0.5, 0.6) is 0 Å². The molecule has 1 spiro atoms. The number of nitrogens with two attached hydrogens (primary N) is 1. The second-order valence-corrected chi connectivity index (χ2v) is 6.55. The van der Waals surface area contributed by atoms with Gasteiger partial charge in [0, 0.05) is 6.04 Å². The van der Waals surface area contributed by atoms with E-state index in [1.807, 2.05) is 0 Å². The van der Waals surface area contributed by atoms with Gasteiger partial charge in [0.2, 0.25) is 0 Å². The highest BCUT2D eigenvalue weighted by Crippen LogP contribution is 2.50. The highest BCUT2D eigenvalue weighted by Gasteiger charge is 2.44. The van der Waals surface area contributed by atoms with Gasteiger partial charge >= 0.3 is 0 Å². The zero-order valence-electron chi connectivity index (χ0n) is 12.3. The van der Waals surface area contributed by atoms with E-state index in [1.54, 1.807) is 0 Å². The molecule has 2 aromatic carbocycles. The Morgan fingerprint density at radius 1 is 0.952 bits per heavy atom. The predicted molar refractivity (Wildman–Crippen MR) is 87.0 cm³/mol. The Kier molecular flexibility index (Phi) is 3.09. The maximum Gasteiger partial charge on any atom is 0.0359 e. The molecule has 4 rings (SSSR count). The Labute approximate surface area is 126 Å². The van der Waals surface area contributed by atoms with E-state index in [4.69, 9.17) is 5.73 Å². The number of fused-ring (bicyclic) bond motifs is 1. The molecule has 0 aromatic heterocycles. The summed E-state index contributed by atoms with van der Waals surface area (Å²) in [6.45, 7) is 2.21. The van der Waals surface area contributed by atoms with E-state index < -0.39 is 0 Å². The Balaban J connectivity index is 1.72. The lowest BCUT2D eigenvalue weighted by Crippen LogP contribution is -2.42. The van der Waals surface area contributed by atoms with Gasteiger partial charge in [0.15, 0.2) is 0 Å². The van der Waals surface area contributed by atoms with Crippen molar-refractivity contribution in [1.82, 2.24) is 5.32 Å². The summed E-state index contributed by atoms with van der Waals surface area (Å²) in [6.07, 6.45) is 3.55. The number of piperidine rings is 1. The normalized spacial score (nSPS) is 23.2. The second kappa shape index (κ2) is 4.97. The first-order valence-corrected chi connectivity index (χ1v) is 7.93. The van der Waals surface area contributed by atoms with Gasteiger partial charge in [-0.25, -0.2) is 0 Å². The minimum absolute atomic E-state index is 0.193. The summed E-state index contributed by atoms with van der Waals surface area (Å²) in [5.41, 5.74) is 12.4. The molecule has 1 fully saturated rings. The van der Waals surface area contributed by atoms with Crippen LogP contribution in [0.15, 0.2) is 48.5 Å². The molecule has 0 radical (unpaired) electrons. The van der Waals surface area contributed by atoms with Crippen molar-refractivity contribution < 1.29 is 0 Å². The number of hydrogen-bond acceptors (Lipinski definition) is 2. The van der Waals surface area contributed by atoms with E-state index in [1.165, 1.54) is 35.1 Å². The number of rotatable bonds is 1. The van der Waals surface area contributed by atoms with E-state index in [0.717, 1.165) is 19.5 Å². The first-order valence-electron chi connectivity index (χ1n) is 7.93. The summed E-state index contributed by atoms with van der Waals surface area (Å²) < 4.78 is 0. The Morgan fingerprint density at radius 3 is 2.48 bits per heavy atom. The third-order valence-electron chi connectivity index (χ3n) is 5.39. The summed E-state index contributed by atoms with van der Waals surface area (Å²) >= 11 is 0. The molecule has 0 bridgehead atoms. The van der Waals surface area contributed by atoms with E-state index in [0.29, 0.717) is 5.41 Å². The number of benzene rings is 2. The van der Waals surface area contributed by atoms with Gasteiger partial charge in [-0.2, -0.15) is 0 Å². The van der Waals surface area contributed by atoms with Gasteiger partial charge in [-0.15, -0.1) is 0 Å². The molecule has 1 aliphatic carbocycles. The molecular formula is C19H22N2. The van der Waals surface area contributed by atoms with Crippen molar-refractivity contribution in [2.24, 2.45) is 11.1 Å². The quantitative estimate of drug-likeness (QED) is 0.840. The molecule has 1 unspecified atom stereocenters. The Bertz CT molecular complexity index is 642. The van der Waals surface area contributed by atoms with Gasteiger partial charge in [0.25, 0.3) is 0 Å². The third-order valence-corrected chi connectivity index (χ3v) is 5.39. The Morgan fingerprint density at radius 2 is 1.71 bits per heavy atom. The molecule has 108 valence electrons. The SMILES string of the molecule is NC1c2cc(-c3ccccc3)ccc2CC12CCNCC2. The average molecular weight is 278 g/mol. The molecule has 2 aliphatic rings. The first-order chi connectivity index (χ1) is 10.3. The van der Waals surface area contributed by atoms with Crippen LogP contribution in [0.3, 0.4) is 0 Å². The molecule has 2 nitrogen and oxygen atoms in total. The molecule has 0 saturated carbocycles. The van der Waals surface area contributed by atoms with Crippen LogP contribution < -0.4 is 11.1 Å². The van der Waals surface area contributed by atoms with Crippen molar-refractivity contribution in [3.05, 3.63) is 59.7 Å². The van der Waals surface area contributed by atoms with E-state index in [-0.39, 0.29) is 6.04 Å². The molecular weight excluding hydrogens is 256 g/mol. The smallest absolute Gasteiger partial charge is 0.0359 e. The van der Waals surface area contributed by atoms with Gasteiger partial charge < -0.3 is 11.1 Å². The van der Waals surface area contributed by atoms with Gasteiger partial charge in [-0.1, -0.05) is 42.5 Å². The van der Waals surface area contributed by atoms with Crippen LogP contribution in [0, 0.1) is 5.41 Å². The fraction of sp³-hybridized carbons (Fsp3) is 0.368. The van der Waals surface area contributed by atoms with E-state index in [9.17, 15) is 0 Å². The zero-order valence-corrected chi connectivity index (χ0v) is 12.3. The van der Waals surface area contributed by atoms with Crippen LogP contribution in [0.4, 0.5) is 0 Å². The van der Waals surface area contributed by atoms with Crippen LogP contribution in [0.1, 0.15) is 30.0 Å². The maximum absolute atomic E-state index is 6.68. The first kappa shape index (κ1) is 13.1. The molecule has 1 saturated heterocycles. The largest absolute Gasteiger partial charge is 0.323 e. The standard InChI is InChI=1S/C19H22N2/c20-18-17-12-15(14-4-2-1-3-5-14)6-7-16(17)13-19(18)8-10-21-11-9-19/h1-7,12,18,21H,8-11,13,20H2. The van der Waals surface area contributed by atoms with Crippen LogP contribution >= 0.6 is 0 Å². The molecule has 1 heterocycles. The van der Waals surface area contributed by atoms with Gasteiger partial charge in [-0.05, 0) is 66.1 Å². The van der Waals surface area contributed by atoms with Gasteiger partial charge in [0.05, 0.1) is 0 Å². The fourth-order valence-corrected chi connectivity index (χ4v) is 4.09. The summed E-state index contributed by atoms with van der Waals surface area (Å²) in [6, 6.07) is 17.7. The summed E-state index contributed by atoms with van der Waals surface area (Å²) in [4.78, 5) is 0. The molecule has 21 heavy (non-hydrogen) atoms. The monoisotopic (exact) mass is 278 g/mol. The van der Waals surface area contributed by atoms with Crippen molar-refractivity contribution in [2.45, 2.75) is 25.3 Å². The fourth-order valence-electron chi connectivity index (χ4n) is 4.09. The minimum atomic E-state index is 0.193. The lowest BCUT2D eigenvalue weighted by Gasteiger charge is -2.37. The van der Waals surface area contributed by atoms with Crippen molar-refractivity contribution in [1.29, 1.82) is 0 Å². The Hall–Kier alpha value is -1.64. The van der Waals surface area contributed by atoms with Crippen molar-refractivity contribution in [3.8, 4) is 11.1 Å². The lowest BCUT2D eigenvalue weighted by atomic mass is 9.73. The second-order valence-electron chi connectivity index (χ2n) is 6.55. The van der Waals surface area contributed by atoms with Crippen LogP contribution in [0.2, 0.25) is 0 Å². The van der Waals surface area contributed by atoms with E-state index >= 15 is 0 Å². The highest BCUT2D eigenvalue weighted by atomic mass is 14.9. The van der Waals surface area contributed by atoms with Gasteiger partial charge in [0.1, 0.15) is 0 Å². The zero-order chi connectivity index (χ0) is 14.3. The number of nitrogens with one attached hydrogen (secondary N) is 1. The number of hydrogen-bond donors (Lipinski definition) is 2. The highest BCUT2D eigenvalue weighted by molar-refractivity contribution is 5.65. The maximum atomic E-state index is 6.68. The molecule has 1 atom stereocenters. The van der Waals surface area contributed by atoms with Gasteiger partial charge in [-0.3, -0.25) is 0 Å². The van der Waals surface area contributed by atoms with Crippen LogP contribution in [-0.2, 0) is 6.42 Å². The molecule has 2 aromatic rings. The van der Waals surface area contributed by atoms with Crippen LogP contribution in [-0.4, -0.2) is 13.1 Å². The molecule has 1 aliphatic heterocycles. The summed E-state index contributed by atoms with van der Waals surface area (Å²) in [5, 5.41) is 3.46. The summed E-state index contributed by atoms with van der Waals surface area (Å²) in [5.74, 6) is 0. The third kappa shape index (κ3) is 2.10. The van der Waals surface area contributed by atoms with Crippen molar-refractivity contribution in [2.75, 3.05) is 13.1 Å². The summed E-state index contributed by atoms with van der Waals surface area (Å²) in [7, 11) is 0. The van der Waals surface area contributed by atoms with Crippen molar-refractivity contribution in [3.63, 3.8) is 0 Å².